The summed E-state index contributed by atoms with van der Waals surface area (Å²) in [7, 11) is 0. The number of rotatable bonds is 2. The fraction of sp³-hybridized carbons (Fsp3) is 0.556. The Morgan fingerprint density at radius 3 is 3.00 bits per heavy atom. The molecule has 0 saturated heterocycles. The van der Waals surface area contributed by atoms with Crippen LogP contribution in [-0.2, 0) is 4.79 Å². The maximum absolute atomic E-state index is 10.7. The van der Waals surface area contributed by atoms with Gasteiger partial charge in [-0.15, -0.1) is 0 Å². The monoisotopic (exact) mass is 179 g/mol. The number of nitrogens with zero attached hydrogens (tertiary/aromatic N) is 1. The molecule has 1 heterocycles. The third-order valence-electron chi connectivity index (χ3n) is 2.51. The molecule has 4 heteroatoms. The Kier molecular flexibility index (Phi) is 2.04. The molecule has 1 fully saturated rings. The first-order valence-electron chi connectivity index (χ1n) is 4.52. The highest BCUT2D eigenvalue weighted by molar-refractivity contribution is 5.73. The summed E-state index contributed by atoms with van der Waals surface area (Å²) in [5, 5.41) is 9.75. The minimum atomic E-state index is 0.0630. The van der Waals surface area contributed by atoms with Crippen LogP contribution >= 0.6 is 0 Å². The lowest BCUT2D eigenvalue weighted by molar-refractivity contribution is -0.120. The summed E-state index contributed by atoms with van der Waals surface area (Å²) in [5.74, 6) is 0.618. The molecule has 0 aromatic carbocycles. The topological polar surface area (TPSA) is 57.8 Å². The van der Waals surface area contributed by atoms with Gasteiger partial charge in [0, 0.05) is 30.8 Å². The number of aromatic nitrogens is 2. The lowest BCUT2D eigenvalue weighted by Crippen LogP contribution is -2.42. The molecule has 1 aliphatic carbocycles. The Bertz CT molecular complexity index is 288. The second-order valence-electron chi connectivity index (χ2n) is 3.58. The highest BCUT2D eigenvalue weighted by Crippen LogP contribution is 2.35. The number of amides is 1. The van der Waals surface area contributed by atoms with Crippen molar-refractivity contribution in [2.75, 3.05) is 0 Å². The molecule has 0 unspecified atom stereocenters. The van der Waals surface area contributed by atoms with Gasteiger partial charge < -0.3 is 5.32 Å². The molecule has 4 nitrogen and oxygen atoms in total. The van der Waals surface area contributed by atoms with Gasteiger partial charge in [0.15, 0.2) is 0 Å². The summed E-state index contributed by atoms with van der Waals surface area (Å²) in [6.45, 7) is 1.56. The van der Waals surface area contributed by atoms with Crippen LogP contribution in [0.1, 0.15) is 31.4 Å². The molecule has 1 amide bonds. The highest BCUT2D eigenvalue weighted by atomic mass is 16.1. The van der Waals surface area contributed by atoms with Crippen LogP contribution in [-0.4, -0.2) is 22.1 Å². The van der Waals surface area contributed by atoms with Crippen LogP contribution in [0.4, 0.5) is 0 Å². The van der Waals surface area contributed by atoms with E-state index in [4.69, 9.17) is 0 Å². The minimum absolute atomic E-state index is 0.0630. The molecule has 0 bridgehead atoms. The van der Waals surface area contributed by atoms with Gasteiger partial charge in [0.1, 0.15) is 0 Å². The fourth-order valence-electron chi connectivity index (χ4n) is 1.77. The van der Waals surface area contributed by atoms with Crippen molar-refractivity contribution in [1.82, 2.24) is 15.5 Å². The Labute approximate surface area is 76.7 Å². The van der Waals surface area contributed by atoms with Crippen molar-refractivity contribution in [1.29, 1.82) is 0 Å². The van der Waals surface area contributed by atoms with E-state index in [1.807, 2.05) is 6.07 Å². The van der Waals surface area contributed by atoms with Crippen LogP contribution in [0, 0.1) is 0 Å². The van der Waals surface area contributed by atoms with Crippen molar-refractivity contribution in [3.8, 4) is 0 Å². The molecule has 1 saturated carbocycles. The van der Waals surface area contributed by atoms with Crippen LogP contribution in [0.25, 0.3) is 0 Å². The summed E-state index contributed by atoms with van der Waals surface area (Å²) in [4.78, 5) is 10.7. The van der Waals surface area contributed by atoms with Gasteiger partial charge in [0.25, 0.3) is 0 Å². The fourth-order valence-corrected chi connectivity index (χ4v) is 1.77. The largest absolute Gasteiger partial charge is 0.354 e. The average molecular weight is 179 g/mol. The van der Waals surface area contributed by atoms with E-state index in [1.54, 1.807) is 13.1 Å². The number of carbonyl (C=O) groups is 1. The Balaban J connectivity index is 1.82. The van der Waals surface area contributed by atoms with Crippen molar-refractivity contribution < 1.29 is 4.79 Å². The molecule has 2 rings (SSSR count). The van der Waals surface area contributed by atoms with Crippen molar-refractivity contribution in [3.63, 3.8) is 0 Å². The van der Waals surface area contributed by atoms with E-state index in [2.05, 4.69) is 15.5 Å². The van der Waals surface area contributed by atoms with Crippen molar-refractivity contribution in [3.05, 3.63) is 18.0 Å². The quantitative estimate of drug-likeness (QED) is 0.705. The molecular formula is C9H13N3O. The minimum Gasteiger partial charge on any atom is -0.354 e. The SMILES string of the molecule is CC(=O)NC1CC(c2ccn[nH]2)C1. The highest BCUT2D eigenvalue weighted by Gasteiger charge is 2.31. The number of aromatic amines is 1. The van der Waals surface area contributed by atoms with Crippen LogP contribution < -0.4 is 5.32 Å². The maximum Gasteiger partial charge on any atom is 0.217 e. The zero-order valence-corrected chi connectivity index (χ0v) is 7.58. The van der Waals surface area contributed by atoms with E-state index in [0.29, 0.717) is 12.0 Å². The van der Waals surface area contributed by atoms with Gasteiger partial charge in [0.05, 0.1) is 0 Å². The van der Waals surface area contributed by atoms with Gasteiger partial charge in [-0.2, -0.15) is 5.10 Å². The van der Waals surface area contributed by atoms with Crippen molar-refractivity contribution in [2.45, 2.75) is 31.7 Å². The first-order chi connectivity index (χ1) is 6.25. The van der Waals surface area contributed by atoms with Crippen molar-refractivity contribution in [2.24, 2.45) is 0 Å². The molecule has 13 heavy (non-hydrogen) atoms. The average Bonchev–Trinajstić information content (AvgIpc) is 2.46. The molecule has 70 valence electrons. The smallest absolute Gasteiger partial charge is 0.217 e. The van der Waals surface area contributed by atoms with E-state index in [1.165, 1.54) is 5.69 Å². The second-order valence-corrected chi connectivity index (χ2v) is 3.58. The van der Waals surface area contributed by atoms with E-state index in [9.17, 15) is 4.79 Å². The van der Waals surface area contributed by atoms with Crippen LogP contribution in [0.15, 0.2) is 12.3 Å². The molecule has 2 N–H and O–H groups in total. The summed E-state index contributed by atoms with van der Waals surface area (Å²) in [5.41, 5.74) is 1.18. The summed E-state index contributed by atoms with van der Waals surface area (Å²) in [6.07, 6.45) is 3.82. The van der Waals surface area contributed by atoms with Crippen LogP contribution in [0.3, 0.4) is 0 Å². The van der Waals surface area contributed by atoms with Crippen LogP contribution in [0.5, 0.6) is 0 Å². The second kappa shape index (κ2) is 3.20. The van der Waals surface area contributed by atoms with Gasteiger partial charge in [0.2, 0.25) is 5.91 Å². The Hall–Kier alpha value is -1.32. The van der Waals surface area contributed by atoms with E-state index in [0.717, 1.165) is 12.8 Å². The molecule has 1 aliphatic rings. The van der Waals surface area contributed by atoms with E-state index < -0.39 is 0 Å². The van der Waals surface area contributed by atoms with E-state index in [-0.39, 0.29) is 5.91 Å². The van der Waals surface area contributed by atoms with Gasteiger partial charge in [-0.1, -0.05) is 0 Å². The van der Waals surface area contributed by atoms with E-state index >= 15 is 0 Å². The number of carbonyl (C=O) groups excluding carboxylic acids is 1. The van der Waals surface area contributed by atoms with Gasteiger partial charge >= 0.3 is 0 Å². The molecule has 0 aliphatic heterocycles. The van der Waals surface area contributed by atoms with Crippen LogP contribution in [0.2, 0.25) is 0 Å². The lowest BCUT2D eigenvalue weighted by Gasteiger charge is -2.34. The third kappa shape index (κ3) is 1.71. The van der Waals surface area contributed by atoms with Gasteiger partial charge in [-0.05, 0) is 18.9 Å². The Morgan fingerprint density at radius 2 is 2.46 bits per heavy atom. The number of hydrogen-bond donors (Lipinski definition) is 2. The first-order valence-corrected chi connectivity index (χ1v) is 4.52. The maximum atomic E-state index is 10.7. The standard InChI is InChI=1S/C9H13N3O/c1-6(13)11-8-4-7(5-8)9-2-3-10-12-9/h2-3,7-8H,4-5H2,1H3,(H,10,12)(H,11,13). The lowest BCUT2D eigenvalue weighted by atomic mass is 9.78. The predicted octanol–water partition coefficient (Wildman–Crippen LogP) is 0.792. The third-order valence-corrected chi connectivity index (χ3v) is 2.51. The number of H-pyrrole nitrogens is 1. The summed E-state index contributed by atoms with van der Waals surface area (Å²) in [6, 6.07) is 2.36. The first kappa shape index (κ1) is 8.29. The van der Waals surface area contributed by atoms with Gasteiger partial charge in [-0.3, -0.25) is 9.89 Å². The Morgan fingerprint density at radius 1 is 1.69 bits per heavy atom. The van der Waals surface area contributed by atoms with Gasteiger partial charge in [-0.25, -0.2) is 0 Å². The zero-order chi connectivity index (χ0) is 9.26. The molecular weight excluding hydrogens is 166 g/mol. The van der Waals surface area contributed by atoms with Crippen molar-refractivity contribution >= 4 is 5.91 Å². The summed E-state index contributed by atoms with van der Waals surface area (Å²) >= 11 is 0. The molecule has 1 aromatic heterocycles. The number of nitrogens with one attached hydrogen (secondary N) is 2. The normalized spacial score (nSPS) is 26.5. The number of hydrogen-bond acceptors (Lipinski definition) is 2. The summed E-state index contributed by atoms with van der Waals surface area (Å²) < 4.78 is 0. The molecule has 0 spiro atoms. The molecule has 0 radical (unpaired) electrons. The molecule has 1 aromatic rings. The molecule has 0 atom stereocenters. The predicted molar refractivity (Wildman–Crippen MR) is 48.2 cm³/mol. The zero-order valence-electron chi connectivity index (χ0n) is 7.58.